The first kappa shape index (κ1) is 14.1. The van der Waals surface area contributed by atoms with Gasteiger partial charge < -0.3 is 15.8 Å². The van der Waals surface area contributed by atoms with Gasteiger partial charge in [0.15, 0.2) is 5.82 Å². The maximum atomic E-state index is 11.6. The summed E-state index contributed by atoms with van der Waals surface area (Å²) in [5.41, 5.74) is 5.85. The molecule has 0 saturated carbocycles. The number of esters is 1. The number of carbonyl (C=O) groups excluding carboxylic acids is 1. The molecular formula is C10H15N3O4S2. The molecule has 2 rings (SSSR count). The van der Waals surface area contributed by atoms with Crippen molar-refractivity contribution < 1.29 is 17.9 Å². The zero-order valence-corrected chi connectivity index (χ0v) is 12.0. The molecule has 1 saturated heterocycles. The smallest absolute Gasteiger partial charge is 0.344 e. The van der Waals surface area contributed by atoms with Gasteiger partial charge in [-0.3, -0.25) is 0 Å². The summed E-state index contributed by atoms with van der Waals surface area (Å²) in [5.74, 6) is -0.0982. The Hall–Kier alpha value is -1.35. The van der Waals surface area contributed by atoms with E-state index in [-0.39, 0.29) is 28.9 Å². The number of anilines is 2. The summed E-state index contributed by atoms with van der Waals surface area (Å²) in [5, 5.41) is 3.67. The first-order valence-electron chi connectivity index (χ1n) is 5.73. The molecule has 0 bridgehead atoms. The van der Waals surface area contributed by atoms with E-state index in [0.717, 1.165) is 11.5 Å². The van der Waals surface area contributed by atoms with Crippen LogP contribution in [-0.4, -0.2) is 43.4 Å². The minimum absolute atomic E-state index is 0.00628. The number of nitrogens with two attached hydrogens (primary N) is 1. The molecule has 0 amide bonds. The Morgan fingerprint density at radius 3 is 2.68 bits per heavy atom. The van der Waals surface area contributed by atoms with Gasteiger partial charge in [-0.25, -0.2) is 13.2 Å². The zero-order valence-electron chi connectivity index (χ0n) is 10.4. The molecular weight excluding hydrogens is 290 g/mol. The number of hydrogen-bond donors (Lipinski definition) is 2. The standard InChI is InChI=1S/C10H15N3O4S2/c1-17-10(14)7-8(11)13-18-9(7)12-6-2-4-19(15,16)5-3-6/h6,12H,2-5H2,1H3,(H2,11,13). The molecule has 0 aliphatic carbocycles. The third kappa shape index (κ3) is 3.16. The predicted molar refractivity (Wildman–Crippen MR) is 73.2 cm³/mol. The summed E-state index contributed by atoms with van der Waals surface area (Å²) < 4.78 is 31.3. The molecule has 9 heteroatoms. The quantitative estimate of drug-likeness (QED) is 0.782. The number of hydrogen-bond acceptors (Lipinski definition) is 8. The van der Waals surface area contributed by atoms with E-state index >= 15 is 0 Å². The van der Waals surface area contributed by atoms with Gasteiger partial charge in [-0.15, -0.1) is 0 Å². The molecule has 1 aliphatic heterocycles. The molecule has 2 heterocycles. The lowest BCUT2D eigenvalue weighted by molar-refractivity contribution is 0.0603. The van der Waals surface area contributed by atoms with Crippen LogP contribution in [0, 0.1) is 0 Å². The number of methoxy groups -OCH3 is 1. The van der Waals surface area contributed by atoms with Crippen molar-refractivity contribution in [1.82, 2.24) is 4.37 Å². The fourth-order valence-corrected chi connectivity index (χ4v) is 4.19. The molecule has 0 aromatic carbocycles. The van der Waals surface area contributed by atoms with E-state index in [1.807, 2.05) is 0 Å². The molecule has 3 N–H and O–H groups in total. The van der Waals surface area contributed by atoms with Crippen LogP contribution >= 0.6 is 11.5 Å². The average molecular weight is 305 g/mol. The molecule has 1 fully saturated rings. The van der Waals surface area contributed by atoms with Gasteiger partial charge in [-0.05, 0) is 24.4 Å². The van der Waals surface area contributed by atoms with Gasteiger partial charge in [0.1, 0.15) is 20.4 Å². The van der Waals surface area contributed by atoms with Gasteiger partial charge in [0.05, 0.1) is 18.6 Å². The third-order valence-corrected chi connectivity index (χ3v) is 5.51. The number of aromatic nitrogens is 1. The lowest BCUT2D eigenvalue weighted by Gasteiger charge is -2.23. The van der Waals surface area contributed by atoms with Crippen molar-refractivity contribution in [2.75, 3.05) is 29.7 Å². The highest BCUT2D eigenvalue weighted by Gasteiger charge is 2.26. The molecule has 0 radical (unpaired) electrons. The Labute approximate surface area is 115 Å². The van der Waals surface area contributed by atoms with Crippen LogP contribution < -0.4 is 11.1 Å². The Morgan fingerprint density at radius 2 is 2.11 bits per heavy atom. The van der Waals surface area contributed by atoms with Gasteiger partial charge in [0, 0.05) is 6.04 Å². The Morgan fingerprint density at radius 1 is 1.47 bits per heavy atom. The minimum atomic E-state index is -2.90. The number of nitrogens with one attached hydrogen (secondary N) is 1. The lowest BCUT2D eigenvalue weighted by atomic mass is 10.1. The number of nitrogen functional groups attached to an aromatic ring is 1. The Kier molecular flexibility index (Phi) is 3.95. The van der Waals surface area contributed by atoms with Crippen LogP contribution in [0.4, 0.5) is 10.8 Å². The first-order valence-corrected chi connectivity index (χ1v) is 8.33. The van der Waals surface area contributed by atoms with Crippen LogP contribution in [0.2, 0.25) is 0 Å². The maximum Gasteiger partial charge on any atom is 0.344 e. The van der Waals surface area contributed by atoms with Gasteiger partial charge in [0.2, 0.25) is 0 Å². The summed E-state index contributed by atoms with van der Waals surface area (Å²) in [6.45, 7) is 0. The van der Waals surface area contributed by atoms with Crippen molar-refractivity contribution in [3.05, 3.63) is 5.56 Å². The molecule has 1 aliphatic rings. The molecule has 1 aromatic heterocycles. The van der Waals surface area contributed by atoms with Crippen molar-refractivity contribution in [2.45, 2.75) is 18.9 Å². The molecule has 0 unspecified atom stereocenters. The highest BCUT2D eigenvalue weighted by molar-refractivity contribution is 7.91. The molecule has 0 spiro atoms. The monoisotopic (exact) mass is 305 g/mol. The van der Waals surface area contributed by atoms with E-state index in [2.05, 4.69) is 14.4 Å². The van der Waals surface area contributed by atoms with Crippen molar-refractivity contribution in [3.63, 3.8) is 0 Å². The lowest BCUT2D eigenvalue weighted by Crippen LogP contribution is -2.32. The van der Waals surface area contributed by atoms with Crippen molar-refractivity contribution >= 4 is 38.2 Å². The minimum Gasteiger partial charge on any atom is -0.465 e. The van der Waals surface area contributed by atoms with Gasteiger partial charge in [-0.1, -0.05) is 0 Å². The van der Waals surface area contributed by atoms with Crippen LogP contribution in [0.25, 0.3) is 0 Å². The maximum absolute atomic E-state index is 11.6. The van der Waals surface area contributed by atoms with Crippen LogP contribution in [0.1, 0.15) is 23.2 Å². The molecule has 0 atom stereocenters. The van der Waals surface area contributed by atoms with Crippen molar-refractivity contribution in [1.29, 1.82) is 0 Å². The summed E-state index contributed by atoms with van der Waals surface area (Å²) >= 11 is 1.08. The third-order valence-electron chi connectivity index (χ3n) is 3.00. The van der Waals surface area contributed by atoms with E-state index < -0.39 is 15.8 Å². The number of nitrogens with zero attached hydrogens (tertiary/aromatic N) is 1. The second-order valence-electron chi connectivity index (χ2n) is 4.33. The Balaban J connectivity index is 2.10. The number of carbonyl (C=O) groups is 1. The highest BCUT2D eigenvalue weighted by atomic mass is 32.2. The van der Waals surface area contributed by atoms with Crippen LogP contribution in [-0.2, 0) is 14.6 Å². The van der Waals surface area contributed by atoms with Crippen molar-refractivity contribution in [2.24, 2.45) is 0 Å². The summed E-state index contributed by atoms with van der Waals surface area (Å²) in [6.07, 6.45) is 1.03. The number of ether oxygens (including phenoxy) is 1. The van der Waals surface area contributed by atoms with Crippen LogP contribution in [0.3, 0.4) is 0 Å². The SMILES string of the molecule is COC(=O)c1c(N)nsc1NC1CCS(=O)(=O)CC1. The van der Waals surface area contributed by atoms with Crippen molar-refractivity contribution in [3.8, 4) is 0 Å². The zero-order chi connectivity index (χ0) is 14.0. The van der Waals surface area contributed by atoms with E-state index in [1.54, 1.807) is 0 Å². The average Bonchev–Trinajstić information content (AvgIpc) is 2.72. The number of rotatable bonds is 3. The van der Waals surface area contributed by atoms with E-state index in [4.69, 9.17) is 5.73 Å². The van der Waals surface area contributed by atoms with E-state index in [0.29, 0.717) is 17.8 Å². The fourth-order valence-electron chi connectivity index (χ4n) is 1.92. The predicted octanol–water partition coefficient (Wildman–Crippen LogP) is 0.501. The number of sulfone groups is 1. The van der Waals surface area contributed by atoms with E-state index in [1.165, 1.54) is 7.11 Å². The fraction of sp³-hybridized carbons (Fsp3) is 0.600. The first-order chi connectivity index (χ1) is 8.93. The van der Waals surface area contributed by atoms with Gasteiger partial charge in [-0.2, -0.15) is 4.37 Å². The van der Waals surface area contributed by atoms with Gasteiger partial charge >= 0.3 is 5.97 Å². The normalized spacial score (nSPS) is 19.0. The Bertz CT molecular complexity index is 568. The molecule has 106 valence electrons. The molecule has 19 heavy (non-hydrogen) atoms. The highest BCUT2D eigenvalue weighted by Crippen LogP contribution is 2.29. The van der Waals surface area contributed by atoms with Gasteiger partial charge in [0.25, 0.3) is 0 Å². The summed E-state index contributed by atoms with van der Waals surface area (Å²) in [7, 11) is -1.63. The molecule has 1 aromatic rings. The van der Waals surface area contributed by atoms with Crippen LogP contribution in [0.5, 0.6) is 0 Å². The summed E-state index contributed by atoms with van der Waals surface area (Å²) in [6, 6.07) is 0.00628. The van der Waals surface area contributed by atoms with Crippen LogP contribution in [0.15, 0.2) is 0 Å². The van der Waals surface area contributed by atoms with E-state index in [9.17, 15) is 13.2 Å². The second kappa shape index (κ2) is 5.33. The topological polar surface area (TPSA) is 111 Å². The summed E-state index contributed by atoms with van der Waals surface area (Å²) in [4.78, 5) is 11.6. The second-order valence-corrected chi connectivity index (χ2v) is 7.41. The molecule has 7 nitrogen and oxygen atoms in total. The largest absolute Gasteiger partial charge is 0.465 e.